The molecule has 15 heavy (non-hydrogen) atoms. The molecule has 0 bridgehead atoms. The predicted octanol–water partition coefficient (Wildman–Crippen LogP) is 3.00. The highest BCUT2D eigenvalue weighted by molar-refractivity contribution is 5.90. The quantitative estimate of drug-likeness (QED) is 0.714. The third-order valence-corrected chi connectivity index (χ3v) is 3.75. The first-order chi connectivity index (χ1) is 7.07. The summed E-state index contributed by atoms with van der Waals surface area (Å²) in [6.45, 7) is 5.65. The van der Waals surface area contributed by atoms with Crippen molar-refractivity contribution in [1.82, 2.24) is 0 Å². The van der Waals surface area contributed by atoms with Gasteiger partial charge in [-0.1, -0.05) is 26.7 Å². The van der Waals surface area contributed by atoms with Gasteiger partial charge in [-0.2, -0.15) is 0 Å². The number of ketones is 2. The Morgan fingerprint density at radius 1 is 1.20 bits per heavy atom. The van der Waals surface area contributed by atoms with E-state index in [2.05, 4.69) is 0 Å². The van der Waals surface area contributed by atoms with Gasteiger partial charge in [-0.05, 0) is 26.2 Å². The van der Waals surface area contributed by atoms with Gasteiger partial charge in [-0.25, -0.2) is 0 Å². The second-order valence-electron chi connectivity index (χ2n) is 4.82. The van der Waals surface area contributed by atoms with E-state index >= 15 is 0 Å². The van der Waals surface area contributed by atoms with Gasteiger partial charge >= 0.3 is 0 Å². The highest BCUT2D eigenvalue weighted by Gasteiger charge is 2.34. The summed E-state index contributed by atoms with van der Waals surface area (Å²) >= 11 is 0. The maximum atomic E-state index is 12.1. The van der Waals surface area contributed by atoms with Gasteiger partial charge in [0.1, 0.15) is 11.6 Å². The van der Waals surface area contributed by atoms with Crippen molar-refractivity contribution in [3.8, 4) is 0 Å². The molecule has 1 aliphatic rings. The highest BCUT2D eigenvalue weighted by Crippen LogP contribution is 2.33. The molecule has 0 aromatic carbocycles. The van der Waals surface area contributed by atoms with Gasteiger partial charge in [-0.3, -0.25) is 9.59 Å². The van der Waals surface area contributed by atoms with Crippen LogP contribution in [0.25, 0.3) is 0 Å². The topological polar surface area (TPSA) is 34.1 Å². The Labute approximate surface area is 92.4 Å². The van der Waals surface area contributed by atoms with E-state index in [4.69, 9.17) is 0 Å². The number of hydrogen-bond donors (Lipinski definition) is 0. The third-order valence-electron chi connectivity index (χ3n) is 3.75. The first-order valence-corrected chi connectivity index (χ1v) is 6.12. The Bertz CT molecular complexity index is 245. The van der Waals surface area contributed by atoms with Crippen LogP contribution in [0.4, 0.5) is 0 Å². The molecule has 1 aliphatic carbocycles. The number of Topliss-reactive ketones (excluding diaryl/α,β-unsaturated/α-hetero) is 2. The summed E-state index contributed by atoms with van der Waals surface area (Å²) < 4.78 is 0. The SMILES string of the molecule is CCC(C)C(=O)C1CCCCC1C(C)=O. The van der Waals surface area contributed by atoms with Crippen LogP contribution in [0.15, 0.2) is 0 Å². The largest absolute Gasteiger partial charge is 0.300 e. The molecule has 0 aromatic heterocycles. The average molecular weight is 210 g/mol. The Morgan fingerprint density at radius 3 is 2.20 bits per heavy atom. The first kappa shape index (κ1) is 12.4. The summed E-state index contributed by atoms with van der Waals surface area (Å²) in [6, 6.07) is 0. The van der Waals surface area contributed by atoms with Crippen LogP contribution in [0.3, 0.4) is 0 Å². The first-order valence-electron chi connectivity index (χ1n) is 6.12. The van der Waals surface area contributed by atoms with Gasteiger partial charge in [0.2, 0.25) is 0 Å². The van der Waals surface area contributed by atoms with E-state index in [9.17, 15) is 9.59 Å². The summed E-state index contributed by atoms with van der Waals surface area (Å²) in [5.74, 6) is 0.676. The zero-order valence-corrected chi connectivity index (χ0v) is 10.1. The van der Waals surface area contributed by atoms with Crippen LogP contribution in [-0.2, 0) is 9.59 Å². The van der Waals surface area contributed by atoms with Crippen LogP contribution in [0.2, 0.25) is 0 Å². The zero-order valence-electron chi connectivity index (χ0n) is 10.1. The predicted molar refractivity (Wildman–Crippen MR) is 60.6 cm³/mol. The van der Waals surface area contributed by atoms with E-state index in [1.54, 1.807) is 6.92 Å². The van der Waals surface area contributed by atoms with E-state index in [0.29, 0.717) is 5.78 Å². The molecule has 3 atom stereocenters. The van der Waals surface area contributed by atoms with Crippen LogP contribution in [0.1, 0.15) is 52.9 Å². The lowest BCUT2D eigenvalue weighted by Crippen LogP contribution is -2.34. The fourth-order valence-electron chi connectivity index (χ4n) is 2.52. The molecule has 0 saturated heterocycles. The fraction of sp³-hybridized carbons (Fsp3) is 0.846. The van der Waals surface area contributed by atoms with Gasteiger partial charge < -0.3 is 0 Å². The molecule has 0 aliphatic heterocycles. The number of carbonyl (C=O) groups is 2. The Balaban J connectivity index is 2.71. The lowest BCUT2D eigenvalue weighted by molar-refractivity contribution is -0.135. The van der Waals surface area contributed by atoms with Gasteiger partial charge in [0.25, 0.3) is 0 Å². The zero-order chi connectivity index (χ0) is 11.4. The van der Waals surface area contributed by atoms with E-state index in [-0.39, 0.29) is 23.5 Å². The van der Waals surface area contributed by atoms with Crippen LogP contribution >= 0.6 is 0 Å². The van der Waals surface area contributed by atoms with Crippen LogP contribution in [0, 0.1) is 17.8 Å². The summed E-state index contributed by atoms with van der Waals surface area (Å²) in [4.78, 5) is 23.6. The lowest BCUT2D eigenvalue weighted by Gasteiger charge is -2.30. The molecule has 0 heterocycles. The van der Waals surface area contributed by atoms with Crippen LogP contribution in [-0.4, -0.2) is 11.6 Å². The molecule has 1 rings (SSSR count). The monoisotopic (exact) mass is 210 g/mol. The van der Waals surface area contributed by atoms with E-state index in [1.165, 1.54) is 0 Å². The summed E-state index contributed by atoms with van der Waals surface area (Å²) in [5, 5.41) is 0. The molecule has 2 nitrogen and oxygen atoms in total. The minimum Gasteiger partial charge on any atom is -0.300 e. The van der Waals surface area contributed by atoms with Crippen molar-refractivity contribution >= 4 is 11.6 Å². The molecule has 2 heteroatoms. The maximum Gasteiger partial charge on any atom is 0.139 e. The Hall–Kier alpha value is -0.660. The standard InChI is InChI=1S/C13H22O2/c1-4-9(2)13(15)12-8-6-5-7-11(12)10(3)14/h9,11-12H,4-8H2,1-3H3. The van der Waals surface area contributed by atoms with Crippen molar-refractivity contribution in [3.05, 3.63) is 0 Å². The molecule has 0 N–H and O–H groups in total. The minimum absolute atomic E-state index is 0.0141. The second-order valence-corrected chi connectivity index (χ2v) is 4.82. The van der Waals surface area contributed by atoms with Crippen molar-refractivity contribution in [1.29, 1.82) is 0 Å². The third kappa shape index (κ3) is 2.90. The molecule has 86 valence electrons. The molecule has 3 unspecified atom stereocenters. The summed E-state index contributed by atoms with van der Waals surface area (Å²) in [6.07, 6.45) is 4.95. The minimum atomic E-state index is 0.0141. The van der Waals surface area contributed by atoms with Crippen molar-refractivity contribution in [2.75, 3.05) is 0 Å². The maximum absolute atomic E-state index is 12.1. The Kier molecular flexibility index (Phi) is 4.49. The van der Waals surface area contributed by atoms with Crippen molar-refractivity contribution in [2.24, 2.45) is 17.8 Å². The smallest absolute Gasteiger partial charge is 0.139 e. The normalized spacial score (nSPS) is 28.5. The van der Waals surface area contributed by atoms with Crippen molar-refractivity contribution in [3.63, 3.8) is 0 Å². The number of hydrogen-bond acceptors (Lipinski definition) is 2. The Morgan fingerprint density at radius 2 is 1.73 bits per heavy atom. The van der Waals surface area contributed by atoms with Gasteiger partial charge in [-0.15, -0.1) is 0 Å². The van der Waals surface area contributed by atoms with Crippen molar-refractivity contribution in [2.45, 2.75) is 52.9 Å². The number of rotatable bonds is 4. The second kappa shape index (κ2) is 5.43. The number of carbonyl (C=O) groups excluding carboxylic acids is 2. The van der Waals surface area contributed by atoms with Crippen molar-refractivity contribution < 1.29 is 9.59 Å². The molecule has 0 aromatic rings. The lowest BCUT2D eigenvalue weighted by atomic mass is 9.72. The van der Waals surface area contributed by atoms with Gasteiger partial charge in [0.05, 0.1) is 0 Å². The molecular weight excluding hydrogens is 188 g/mol. The molecule has 1 saturated carbocycles. The summed E-state index contributed by atoms with van der Waals surface area (Å²) in [7, 11) is 0. The molecule has 0 amide bonds. The highest BCUT2D eigenvalue weighted by atomic mass is 16.1. The summed E-state index contributed by atoms with van der Waals surface area (Å²) in [5.41, 5.74) is 0. The molecule has 0 spiro atoms. The van der Waals surface area contributed by atoms with Crippen LogP contribution < -0.4 is 0 Å². The molecule has 1 fully saturated rings. The van der Waals surface area contributed by atoms with E-state index in [0.717, 1.165) is 32.1 Å². The van der Waals surface area contributed by atoms with E-state index < -0.39 is 0 Å². The van der Waals surface area contributed by atoms with Gasteiger partial charge in [0, 0.05) is 17.8 Å². The van der Waals surface area contributed by atoms with Crippen LogP contribution in [0.5, 0.6) is 0 Å². The van der Waals surface area contributed by atoms with E-state index in [1.807, 2.05) is 13.8 Å². The van der Waals surface area contributed by atoms with Gasteiger partial charge in [0.15, 0.2) is 0 Å². The fourth-order valence-corrected chi connectivity index (χ4v) is 2.52. The average Bonchev–Trinajstić information content (AvgIpc) is 2.27. The molecular formula is C13H22O2. The molecule has 0 radical (unpaired) electrons.